The third-order valence-corrected chi connectivity index (χ3v) is 5.12. The number of hydrogen-bond acceptors (Lipinski definition) is 5. The van der Waals surface area contributed by atoms with Crippen LogP contribution >= 0.6 is 0 Å². The van der Waals surface area contributed by atoms with Gasteiger partial charge < -0.3 is 5.73 Å². The van der Waals surface area contributed by atoms with E-state index >= 15 is 0 Å². The van der Waals surface area contributed by atoms with E-state index in [1.165, 1.54) is 11.8 Å². The van der Waals surface area contributed by atoms with Gasteiger partial charge >= 0.3 is 0 Å². The van der Waals surface area contributed by atoms with Crippen LogP contribution in [0.5, 0.6) is 0 Å². The van der Waals surface area contributed by atoms with Crippen LogP contribution in [0.2, 0.25) is 0 Å². The fraction of sp³-hybridized carbons (Fsp3) is 0.300. The summed E-state index contributed by atoms with van der Waals surface area (Å²) in [5, 5.41) is 0.369. The number of rotatable bonds is 2. The quantitative estimate of drug-likeness (QED) is 0.741. The first kappa shape index (κ1) is 16.4. The van der Waals surface area contributed by atoms with Gasteiger partial charge in [0.25, 0.3) is 5.56 Å². The Morgan fingerprint density at radius 2 is 1.88 bits per heavy atom. The molecule has 1 atom stereocenters. The van der Waals surface area contributed by atoms with Crippen LogP contribution < -0.4 is 11.3 Å². The second-order valence-electron chi connectivity index (χ2n) is 7.15. The van der Waals surface area contributed by atoms with Crippen molar-refractivity contribution in [3.05, 3.63) is 63.1 Å². The number of nitrogens with zero attached hydrogens (tertiary/aromatic N) is 2. The Balaban J connectivity index is 1.81. The molecule has 1 aliphatic carbocycles. The Hall–Kier alpha value is -3.02. The van der Waals surface area contributed by atoms with Crippen LogP contribution in [0.1, 0.15) is 59.2 Å². The fourth-order valence-electron chi connectivity index (χ4n) is 3.68. The summed E-state index contributed by atoms with van der Waals surface area (Å²) in [5.74, 6) is 0.536. The fourth-order valence-corrected chi connectivity index (χ4v) is 3.68. The molecule has 4 rings (SSSR count). The molecule has 0 saturated carbocycles. The number of carbonyl (C=O) groups excluding carboxylic acids is 1. The highest BCUT2D eigenvalue weighted by molar-refractivity contribution is 6.02. The lowest BCUT2D eigenvalue weighted by molar-refractivity contribution is 0.0964. The average molecular weight is 348 g/mol. The summed E-state index contributed by atoms with van der Waals surface area (Å²) in [6, 6.07) is 8.39. The van der Waals surface area contributed by atoms with Crippen LogP contribution in [-0.4, -0.2) is 20.7 Å². The third-order valence-electron chi connectivity index (χ3n) is 5.12. The molecule has 0 spiro atoms. The van der Waals surface area contributed by atoms with Crippen molar-refractivity contribution in [1.29, 1.82) is 0 Å². The van der Waals surface area contributed by atoms with Gasteiger partial charge in [0.05, 0.1) is 5.39 Å². The van der Waals surface area contributed by atoms with Crippen LogP contribution in [0.25, 0.3) is 11.0 Å². The largest absolute Gasteiger partial charge is 0.369 e. The van der Waals surface area contributed by atoms with Crippen molar-refractivity contribution in [2.24, 2.45) is 0 Å². The zero-order valence-electron chi connectivity index (χ0n) is 14.7. The molecule has 1 aromatic carbocycles. The first-order valence-electron chi connectivity index (χ1n) is 8.74. The summed E-state index contributed by atoms with van der Waals surface area (Å²) in [4.78, 5) is 35.9. The number of pyridine rings is 1. The summed E-state index contributed by atoms with van der Waals surface area (Å²) >= 11 is 0. The highest BCUT2D eigenvalue weighted by atomic mass is 16.1. The number of hydrogen-bond donors (Lipinski definition) is 2. The third kappa shape index (κ3) is 2.67. The van der Waals surface area contributed by atoms with Gasteiger partial charge in [0.2, 0.25) is 5.95 Å². The standard InChI is InChI=1S/C20H20N4O2/c1-10(2)11-3-5-12(6-4-11)13-7-14-15(16(25)8-13)9-22-18-17(14)19(26)24-20(21)23-18/h3-6,9-10,13H,7-8H2,1-2H3,(H3,21,22,23,24,26). The maximum absolute atomic E-state index is 12.7. The van der Waals surface area contributed by atoms with Gasteiger partial charge in [0.1, 0.15) is 0 Å². The van der Waals surface area contributed by atoms with Crippen LogP contribution in [-0.2, 0) is 6.42 Å². The van der Waals surface area contributed by atoms with Gasteiger partial charge in [-0.15, -0.1) is 0 Å². The van der Waals surface area contributed by atoms with Crippen LogP contribution in [0.4, 0.5) is 5.95 Å². The monoisotopic (exact) mass is 348 g/mol. The molecule has 1 unspecified atom stereocenters. The number of Topliss-reactive ketones (excluding diaryl/α,β-unsaturated/α-hetero) is 1. The van der Waals surface area contributed by atoms with Gasteiger partial charge in [-0.3, -0.25) is 14.6 Å². The Morgan fingerprint density at radius 3 is 2.58 bits per heavy atom. The molecule has 0 amide bonds. The molecule has 3 N–H and O–H groups in total. The summed E-state index contributed by atoms with van der Waals surface area (Å²) in [7, 11) is 0. The van der Waals surface area contributed by atoms with Gasteiger partial charge in [-0.25, -0.2) is 4.98 Å². The molecule has 0 bridgehead atoms. The Morgan fingerprint density at radius 1 is 1.15 bits per heavy atom. The summed E-state index contributed by atoms with van der Waals surface area (Å²) in [6.07, 6.45) is 2.54. The van der Waals surface area contributed by atoms with Crippen molar-refractivity contribution in [3.63, 3.8) is 0 Å². The first-order chi connectivity index (χ1) is 12.4. The van der Waals surface area contributed by atoms with Crippen molar-refractivity contribution < 1.29 is 4.79 Å². The molecule has 6 heteroatoms. The predicted octanol–water partition coefficient (Wildman–Crippen LogP) is 2.94. The molecule has 0 saturated heterocycles. The van der Waals surface area contributed by atoms with Crippen LogP contribution in [0.15, 0.2) is 35.3 Å². The molecule has 0 radical (unpaired) electrons. The number of anilines is 1. The van der Waals surface area contributed by atoms with E-state index in [1.807, 2.05) is 0 Å². The molecule has 0 aliphatic heterocycles. The number of carbonyl (C=O) groups is 1. The number of nitrogens with one attached hydrogen (secondary N) is 1. The van der Waals surface area contributed by atoms with Gasteiger partial charge in [0.15, 0.2) is 11.4 Å². The van der Waals surface area contributed by atoms with E-state index in [0.29, 0.717) is 29.7 Å². The summed E-state index contributed by atoms with van der Waals surface area (Å²) < 4.78 is 0. The van der Waals surface area contributed by atoms with E-state index in [0.717, 1.165) is 11.1 Å². The van der Waals surface area contributed by atoms with E-state index in [4.69, 9.17) is 5.73 Å². The minimum absolute atomic E-state index is 0.00908. The molecule has 26 heavy (non-hydrogen) atoms. The lowest BCUT2D eigenvalue weighted by Gasteiger charge is -2.24. The van der Waals surface area contributed by atoms with Crippen molar-refractivity contribution >= 4 is 22.8 Å². The molecular weight excluding hydrogens is 328 g/mol. The number of nitrogens with two attached hydrogens (primary N) is 1. The average Bonchev–Trinajstić information content (AvgIpc) is 2.60. The van der Waals surface area contributed by atoms with E-state index < -0.39 is 0 Å². The summed E-state index contributed by atoms with van der Waals surface area (Å²) in [6.45, 7) is 4.30. The van der Waals surface area contributed by atoms with Gasteiger partial charge in [-0.2, -0.15) is 4.98 Å². The number of H-pyrrole nitrogens is 1. The van der Waals surface area contributed by atoms with Crippen molar-refractivity contribution in [2.45, 2.75) is 38.5 Å². The number of aromatic amines is 1. The van der Waals surface area contributed by atoms with Crippen molar-refractivity contribution in [1.82, 2.24) is 15.0 Å². The molecule has 6 nitrogen and oxygen atoms in total. The van der Waals surface area contributed by atoms with E-state index in [2.05, 4.69) is 53.1 Å². The Labute approximate surface area is 150 Å². The van der Waals surface area contributed by atoms with Crippen molar-refractivity contribution in [2.75, 3.05) is 5.73 Å². The SMILES string of the molecule is CC(C)c1ccc(C2CC(=O)c3cnc4nc(N)[nH]c(=O)c4c3C2)cc1. The smallest absolute Gasteiger partial charge is 0.262 e. The van der Waals surface area contributed by atoms with E-state index in [9.17, 15) is 9.59 Å². The number of benzene rings is 1. The maximum atomic E-state index is 12.7. The predicted molar refractivity (Wildman–Crippen MR) is 100 cm³/mol. The number of ketones is 1. The van der Waals surface area contributed by atoms with E-state index in [-0.39, 0.29) is 28.9 Å². The normalized spacial score (nSPS) is 16.9. The molecule has 3 aromatic rings. The van der Waals surface area contributed by atoms with Gasteiger partial charge in [-0.05, 0) is 34.9 Å². The Bertz CT molecular complexity index is 1070. The molecule has 2 heterocycles. The minimum atomic E-state index is -0.347. The molecule has 2 aromatic heterocycles. The lowest BCUT2D eigenvalue weighted by atomic mass is 9.79. The van der Waals surface area contributed by atoms with Gasteiger partial charge in [0, 0.05) is 18.2 Å². The van der Waals surface area contributed by atoms with Crippen LogP contribution in [0.3, 0.4) is 0 Å². The zero-order valence-corrected chi connectivity index (χ0v) is 14.7. The zero-order chi connectivity index (χ0) is 18.4. The lowest BCUT2D eigenvalue weighted by Crippen LogP contribution is -2.23. The number of fused-ring (bicyclic) bond motifs is 3. The number of nitrogen functional groups attached to an aromatic ring is 1. The van der Waals surface area contributed by atoms with E-state index in [1.54, 1.807) is 0 Å². The first-order valence-corrected chi connectivity index (χ1v) is 8.74. The molecule has 132 valence electrons. The second kappa shape index (κ2) is 6.05. The number of aromatic nitrogens is 3. The van der Waals surface area contributed by atoms with Crippen molar-refractivity contribution in [3.8, 4) is 0 Å². The van der Waals surface area contributed by atoms with Gasteiger partial charge in [-0.1, -0.05) is 38.1 Å². The topological polar surface area (TPSA) is 102 Å². The maximum Gasteiger partial charge on any atom is 0.262 e. The summed E-state index contributed by atoms with van der Waals surface area (Å²) in [5.41, 5.74) is 9.16. The molecular formula is C20H20N4O2. The highest BCUT2D eigenvalue weighted by Gasteiger charge is 2.29. The van der Waals surface area contributed by atoms with Crippen LogP contribution in [0, 0.1) is 0 Å². The second-order valence-corrected chi connectivity index (χ2v) is 7.15. The minimum Gasteiger partial charge on any atom is -0.369 e. The molecule has 0 fully saturated rings. The Kier molecular flexibility index (Phi) is 3.83. The highest BCUT2D eigenvalue weighted by Crippen LogP contribution is 2.35. The molecule has 1 aliphatic rings.